The van der Waals surface area contributed by atoms with Gasteiger partial charge in [-0.1, -0.05) is 0 Å². The van der Waals surface area contributed by atoms with E-state index in [4.69, 9.17) is 15.1 Å². The molecule has 0 aliphatic heterocycles. The lowest BCUT2D eigenvalue weighted by atomic mass is 9.90. The third-order valence-electron chi connectivity index (χ3n) is 2.74. The molecule has 0 atom stereocenters. The first-order chi connectivity index (χ1) is 9.26. The number of carbonyl (C=O) groups is 1. The van der Waals surface area contributed by atoms with Gasteiger partial charge in [-0.25, -0.2) is 13.6 Å². The highest BCUT2D eigenvalue weighted by molar-refractivity contribution is 5.87. The lowest BCUT2D eigenvalue weighted by Gasteiger charge is -2.15. The number of aromatic carboxylic acids is 1. The molecule has 1 aromatic rings. The fourth-order valence-electron chi connectivity index (χ4n) is 1.57. The van der Waals surface area contributed by atoms with Crippen LogP contribution in [0.25, 0.3) is 0 Å². The molecular weight excluding hydrogens is 268 g/mol. The van der Waals surface area contributed by atoms with Gasteiger partial charge in [-0.05, 0) is 38.8 Å². The van der Waals surface area contributed by atoms with Crippen LogP contribution in [0, 0.1) is 28.4 Å². The maximum absolute atomic E-state index is 13.5. The molecule has 1 aromatic carbocycles. The van der Waals surface area contributed by atoms with Gasteiger partial charge < -0.3 is 9.84 Å². The highest BCUT2D eigenvalue weighted by atomic mass is 19.1. The fraction of sp³-hybridized carbons (Fsp3) is 0.429. The van der Waals surface area contributed by atoms with Gasteiger partial charge in [0.15, 0.2) is 17.4 Å². The van der Waals surface area contributed by atoms with Crippen molar-refractivity contribution in [2.24, 2.45) is 5.41 Å². The van der Waals surface area contributed by atoms with Gasteiger partial charge in [0.05, 0.1) is 23.7 Å². The number of ether oxygens (including phenoxy) is 1. The standard InChI is InChI=1S/C14H15F2NO3/c1-14(2,8-17)4-3-5-20-12-10(15)6-9(13(18)19)7-11(12)16/h6-7H,3-5H2,1-2H3,(H,18,19). The van der Waals surface area contributed by atoms with Crippen LogP contribution in [0.4, 0.5) is 8.78 Å². The monoisotopic (exact) mass is 283 g/mol. The van der Waals surface area contributed by atoms with Gasteiger partial charge in [0.25, 0.3) is 0 Å². The maximum atomic E-state index is 13.5. The van der Waals surface area contributed by atoms with Crippen molar-refractivity contribution in [1.82, 2.24) is 0 Å². The van der Waals surface area contributed by atoms with Crippen LogP contribution < -0.4 is 4.74 Å². The molecule has 6 heteroatoms. The molecule has 0 unspecified atom stereocenters. The maximum Gasteiger partial charge on any atom is 0.335 e. The molecule has 0 aromatic heterocycles. The van der Waals surface area contributed by atoms with Crippen molar-refractivity contribution in [2.75, 3.05) is 6.61 Å². The second-order valence-electron chi connectivity index (χ2n) is 5.02. The molecule has 0 amide bonds. The SMILES string of the molecule is CC(C)(C#N)CCCOc1c(F)cc(C(=O)O)cc1F. The fourth-order valence-corrected chi connectivity index (χ4v) is 1.57. The molecule has 1 N–H and O–H groups in total. The van der Waals surface area contributed by atoms with E-state index in [9.17, 15) is 13.6 Å². The lowest BCUT2D eigenvalue weighted by Crippen LogP contribution is -2.11. The van der Waals surface area contributed by atoms with Crippen LogP contribution >= 0.6 is 0 Å². The minimum absolute atomic E-state index is 0.0470. The molecule has 0 saturated carbocycles. The summed E-state index contributed by atoms with van der Waals surface area (Å²) in [6.07, 6.45) is 0.986. The largest absolute Gasteiger partial charge is 0.488 e. The third kappa shape index (κ3) is 4.19. The van der Waals surface area contributed by atoms with Crippen molar-refractivity contribution in [2.45, 2.75) is 26.7 Å². The molecule has 0 spiro atoms. The van der Waals surface area contributed by atoms with Crippen molar-refractivity contribution < 1.29 is 23.4 Å². The summed E-state index contributed by atoms with van der Waals surface area (Å²) in [4.78, 5) is 10.6. The summed E-state index contributed by atoms with van der Waals surface area (Å²) in [7, 11) is 0. The summed E-state index contributed by atoms with van der Waals surface area (Å²) in [5.74, 6) is -4.11. The summed E-state index contributed by atoms with van der Waals surface area (Å²) in [6.45, 7) is 3.57. The van der Waals surface area contributed by atoms with Crippen LogP contribution in [0.3, 0.4) is 0 Å². The molecule has 0 aliphatic rings. The average Bonchev–Trinajstić information content (AvgIpc) is 2.36. The first kappa shape index (κ1) is 15.9. The van der Waals surface area contributed by atoms with Crippen LogP contribution in [0.15, 0.2) is 12.1 Å². The van der Waals surface area contributed by atoms with E-state index in [0.29, 0.717) is 25.0 Å². The number of benzene rings is 1. The molecule has 0 radical (unpaired) electrons. The molecule has 20 heavy (non-hydrogen) atoms. The zero-order chi connectivity index (χ0) is 15.3. The molecule has 1 rings (SSSR count). The Bertz CT molecular complexity index is 527. The zero-order valence-corrected chi connectivity index (χ0v) is 11.2. The second-order valence-corrected chi connectivity index (χ2v) is 5.02. The number of nitriles is 1. The number of carboxylic acids is 1. The van der Waals surface area contributed by atoms with Gasteiger partial charge in [-0.15, -0.1) is 0 Å². The van der Waals surface area contributed by atoms with Crippen LogP contribution in [-0.4, -0.2) is 17.7 Å². The van der Waals surface area contributed by atoms with Gasteiger partial charge in [-0.3, -0.25) is 0 Å². The first-order valence-electron chi connectivity index (χ1n) is 6.03. The van der Waals surface area contributed by atoms with E-state index in [0.717, 1.165) is 0 Å². The summed E-state index contributed by atoms with van der Waals surface area (Å²) in [5.41, 5.74) is -0.994. The molecule has 0 aliphatic carbocycles. The van der Waals surface area contributed by atoms with Gasteiger partial charge in [0, 0.05) is 0 Å². The average molecular weight is 283 g/mol. The molecule has 4 nitrogen and oxygen atoms in total. The number of halogens is 2. The van der Waals surface area contributed by atoms with Gasteiger partial charge in [0.2, 0.25) is 0 Å². The molecule has 108 valence electrons. The Labute approximate surface area is 115 Å². The predicted molar refractivity (Wildman–Crippen MR) is 67.4 cm³/mol. The highest BCUT2D eigenvalue weighted by Gasteiger charge is 2.18. The molecule has 0 fully saturated rings. The van der Waals surface area contributed by atoms with E-state index in [2.05, 4.69) is 6.07 Å². The van der Waals surface area contributed by atoms with Crippen LogP contribution in [0.2, 0.25) is 0 Å². The summed E-state index contributed by atoms with van der Waals surface area (Å²) in [6, 6.07) is 3.53. The molecule has 0 heterocycles. The molecule has 0 saturated heterocycles. The molecule has 0 bridgehead atoms. The zero-order valence-electron chi connectivity index (χ0n) is 11.2. The number of nitrogens with zero attached hydrogens (tertiary/aromatic N) is 1. The van der Waals surface area contributed by atoms with Crippen molar-refractivity contribution in [3.63, 3.8) is 0 Å². The van der Waals surface area contributed by atoms with Gasteiger partial charge in [0.1, 0.15) is 0 Å². The van der Waals surface area contributed by atoms with E-state index >= 15 is 0 Å². The van der Waals surface area contributed by atoms with E-state index < -0.39 is 34.3 Å². The Morgan fingerprint density at radius 2 is 1.95 bits per heavy atom. The summed E-state index contributed by atoms with van der Waals surface area (Å²) < 4.78 is 32.0. The lowest BCUT2D eigenvalue weighted by molar-refractivity contribution is 0.0695. The van der Waals surface area contributed by atoms with Crippen LogP contribution in [-0.2, 0) is 0 Å². The van der Waals surface area contributed by atoms with E-state index in [-0.39, 0.29) is 6.61 Å². The Kier molecular flexibility index (Phi) is 5.03. The van der Waals surface area contributed by atoms with Gasteiger partial charge in [-0.2, -0.15) is 5.26 Å². The third-order valence-corrected chi connectivity index (χ3v) is 2.74. The Morgan fingerprint density at radius 1 is 1.40 bits per heavy atom. The summed E-state index contributed by atoms with van der Waals surface area (Å²) in [5, 5.41) is 17.5. The summed E-state index contributed by atoms with van der Waals surface area (Å²) >= 11 is 0. The van der Waals surface area contributed by atoms with E-state index in [1.54, 1.807) is 13.8 Å². The van der Waals surface area contributed by atoms with Crippen LogP contribution in [0.1, 0.15) is 37.0 Å². The Morgan fingerprint density at radius 3 is 2.40 bits per heavy atom. The number of carboxylic acid groups (broad SMARTS) is 1. The topological polar surface area (TPSA) is 70.3 Å². The minimum Gasteiger partial charge on any atom is -0.488 e. The number of hydrogen-bond acceptors (Lipinski definition) is 3. The minimum atomic E-state index is -1.41. The van der Waals surface area contributed by atoms with Crippen molar-refractivity contribution in [1.29, 1.82) is 5.26 Å². The smallest absolute Gasteiger partial charge is 0.335 e. The number of hydrogen-bond donors (Lipinski definition) is 1. The van der Waals surface area contributed by atoms with E-state index in [1.807, 2.05) is 0 Å². The molecular formula is C14H15F2NO3. The van der Waals surface area contributed by atoms with Crippen molar-refractivity contribution in [3.8, 4) is 11.8 Å². The van der Waals surface area contributed by atoms with Crippen molar-refractivity contribution in [3.05, 3.63) is 29.3 Å². The first-order valence-corrected chi connectivity index (χ1v) is 6.03. The predicted octanol–water partition coefficient (Wildman–Crippen LogP) is 3.37. The Balaban J connectivity index is 2.66. The highest BCUT2D eigenvalue weighted by Crippen LogP contribution is 2.25. The number of rotatable bonds is 6. The van der Waals surface area contributed by atoms with Gasteiger partial charge >= 0.3 is 5.97 Å². The second kappa shape index (κ2) is 6.33. The van der Waals surface area contributed by atoms with Crippen molar-refractivity contribution >= 4 is 5.97 Å². The normalized spacial score (nSPS) is 10.9. The van der Waals surface area contributed by atoms with Crippen LogP contribution in [0.5, 0.6) is 5.75 Å². The Hall–Kier alpha value is -2.16. The van der Waals surface area contributed by atoms with E-state index in [1.165, 1.54) is 0 Å². The quantitative estimate of drug-likeness (QED) is 0.812.